The molecule has 1 saturated carbocycles. The molecule has 2 aliphatic rings. The van der Waals surface area contributed by atoms with Crippen molar-refractivity contribution in [2.24, 2.45) is 21.3 Å². The predicted molar refractivity (Wildman–Crippen MR) is 147 cm³/mol. The molecule has 0 aromatic heterocycles. The Balaban J connectivity index is 1.36. The molecule has 1 atom stereocenters. The zero-order valence-corrected chi connectivity index (χ0v) is 22.2. The number of carbonyl (C=O) groups excluding carboxylic acids is 1. The normalized spacial score (nSPS) is 20.2. The Bertz CT molecular complexity index is 836. The van der Waals surface area contributed by atoms with Gasteiger partial charge in [-0.2, -0.15) is 0 Å². The number of fused-ring (bicyclic) bond motifs is 2. The van der Waals surface area contributed by atoms with Crippen LogP contribution in [0, 0.1) is 11.3 Å². The lowest BCUT2D eigenvalue weighted by Crippen LogP contribution is -2.43. The van der Waals surface area contributed by atoms with Gasteiger partial charge in [-0.05, 0) is 24.3 Å². The molecule has 1 unspecified atom stereocenters. The molecule has 0 spiro atoms. The highest BCUT2D eigenvalue weighted by atomic mass is 16.1. The van der Waals surface area contributed by atoms with Crippen molar-refractivity contribution in [3.8, 4) is 0 Å². The van der Waals surface area contributed by atoms with Crippen molar-refractivity contribution in [1.29, 1.82) is 0 Å². The van der Waals surface area contributed by atoms with Crippen molar-refractivity contribution in [3.05, 3.63) is 29.8 Å². The summed E-state index contributed by atoms with van der Waals surface area (Å²) < 4.78 is 0. The van der Waals surface area contributed by atoms with Crippen molar-refractivity contribution in [3.63, 3.8) is 0 Å². The predicted octanol–water partition coefficient (Wildman–Crippen LogP) is 9.05. The quantitative estimate of drug-likeness (QED) is 0.239. The summed E-state index contributed by atoms with van der Waals surface area (Å²) in [6.07, 6.45) is 20.6. The molecule has 3 heteroatoms. The van der Waals surface area contributed by atoms with Gasteiger partial charge in [0.15, 0.2) is 0 Å². The third kappa shape index (κ3) is 8.17. The summed E-state index contributed by atoms with van der Waals surface area (Å²) in [5.74, 6) is 0.0822. The molecular formula is C31H48N2O. The van der Waals surface area contributed by atoms with Crippen LogP contribution in [0.5, 0.6) is 0 Å². The maximum absolute atomic E-state index is 13.1. The molecule has 1 aliphatic heterocycles. The smallest absolute Gasteiger partial charge is 0.148 e. The summed E-state index contributed by atoms with van der Waals surface area (Å²) in [7, 11) is 0. The van der Waals surface area contributed by atoms with E-state index in [1.807, 2.05) is 12.1 Å². The van der Waals surface area contributed by atoms with E-state index in [1.165, 1.54) is 83.5 Å². The van der Waals surface area contributed by atoms with Crippen molar-refractivity contribution in [2.75, 3.05) is 6.54 Å². The van der Waals surface area contributed by atoms with E-state index in [9.17, 15) is 4.79 Å². The van der Waals surface area contributed by atoms with Crippen LogP contribution in [0.1, 0.15) is 129 Å². The number of Topliss-reactive ketones (excluding diaryl/α,β-unsaturated/α-hetero) is 1. The minimum atomic E-state index is -0.213. The molecule has 34 heavy (non-hydrogen) atoms. The molecule has 1 aromatic rings. The van der Waals surface area contributed by atoms with Crippen LogP contribution < -0.4 is 0 Å². The van der Waals surface area contributed by atoms with Crippen LogP contribution in [-0.2, 0) is 4.79 Å². The SMILES string of the molecule is CCCCCCCCCCCCCCCCN=C1c2ccccc2N=C2CC(C)(C)CC(=O)C21. The van der Waals surface area contributed by atoms with Gasteiger partial charge >= 0.3 is 0 Å². The zero-order valence-electron chi connectivity index (χ0n) is 22.2. The fraction of sp³-hybridized carbons (Fsp3) is 0.710. The highest BCUT2D eigenvalue weighted by Gasteiger charge is 2.43. The van der Waals surface area contributed by atoms with E-state index in [1.54, 1.807) is 0 Å². The van der Waals surface area contributed by atoms with Gasteiger partial charge < -0.3 is 0 Å². The first kappa shape index (κ1) is 26.8. The molecule has 0 amide bonds. The van der Waals surface area contributed by atoms with Gasteiger partial charge in [0.1, 0.15) is 5.78 Å². The molecule has 1 heterocycles. The fourth-order valence-electron chi connectivity index (χ4n) is 5.61. The largest absolute Gasteiger partial charge is 0.299 e. The first-order valence-corrected chi connectivity index (χ1v) is 14.3. The number of unbranched alkanes of at least 4 members (excludes halogenated alkanes) is 13. The maximum atomic E-state index is 13.1. The molecule has 0 saturated heterocycles. The number of para-hydroxylation sites is 1. The number of benzene rings is 1. The molecular weight excluding hydrogens is 416 g/mol. The second kappa shape index (κ2) is 14.0. The third-order valence-electron chi connectivity index (χ3n) is 7.48. The Morgan fingerprint density at radius 1 is 0.824 bits per heavy atom. The Hall–Kier alpha value is -1.77. The molecule has 1 fully saturated rings. The van der Waals surface area contributed by atoms with Gasteiger partial charge in [0, 0.05) is 24.2 Å². The van der Waals surface area contributed by atoms with Crippen molar-refractivity contribution in [2.45, 2.75) is 124 Å². The average molecular weight is 465 g/mol. The molecule has 0 radical (unpaired) electrons. The number of rotatable bonds is 15. The maximum Gasteiger partial charge on any atom is 0.148 e. The Labute approximate surface area is 208 Å². The summed E-state index contributed by atoms with van der Waals surface area (Å²) >= 11 is 0. The number of nitrogens with zero attached hydrogens (tertiary/aromatic N) is 2. The number of aliphatic imine (C=N–C) groups is 2. The third-order valence-corrected chi connectivity index (χ3v) is 7.48. The van der Waals surface area contributed by atoms with Gasteiger partial charge in [-0.15, -0.1) is 0 Å². The second-order valence-corrected chi connectivity index (χ2v) is 11.4. The fourth-order valence-corrected chi connectivity index (χ4v) is 5.61. The standard InChI is InChI=1S/C31H48N2O/c1-4-5-6-7-8-9-10-11-12-13-14-15-16-19-22-32-30-25-20-17-18-21-26(25)33-27-23-31(2,3)24-28(34)29(27)30/h17-18,20-21,29H,4-16,19,22-24H2,1-3H3. The second-order valence-electron chi connectivity index (χ2n) is 11.4. The number of carbonyl (C=O) groups is 1. The number of ketones is 1. The van der Waals surface area contributed by atoms with E-state index in [0.717, 1.165) is 42.1 Å². The van der Waals surface area contributed by atoms with Gasteiger partial charge in [0.2, 0.25) is 0 Å². The molecule has 188 valence electrons. The lowest BCUT2D eigenvalue weighted by atomic mass is 9.68. The molecule has 0 N–H and O–H groups in total. The van der Waals surface area contributed by atoms with Gasteiger partial charge in [-0.1, -0.05) is 122 Å². The number of hydrogen-bond acceptors (Lipinski definition) is 3. The van der Waals surface area contributed by atoms with Crippen LogP contribution in [0.3, 0.4) is 0 Å². The summed E-state index contributed by atoms with van der Waals surface area (Å²) in [5.41, 5.74) is 4.06. The molecule has 3 rings (SSSR count). The van der Waals surface area contributed by atoms with E-state index in [2.05, 4.69) is 32.9 Å². The lowest BCUT2D eigenvalue weighted by molar-refractivity contribution is -0.122. The minimum Gasteiger partial charge on any atom is -0.299 e. The Morgan fingerprint density at radius 2 is 1.38 bits per heavy atom. The van der Waals surface area contributed by atoms with E-state index < -0.39 is 0 Å². The van der Waals surface area contributed by atoms with E-state index in [4.69, 9.17) is 9.98 Å². The van der Waals surface area contributed by atoms with Crippen LogP contribution in [0.4, 0.5) is 5.69 Å². The summed E-state index contributed by atoms with van der Waals surface area (Å²) in [5, 5.41) is 0. The molecule has 3 nitrogen and oxygen atoms in total. The Kier molecular flexibility index (Phi) is 11.0. The van der Waals surface area contributed by atoms with Crippen LogP contribution in [-0.4, -0.2) is 23.8 Å². The van der Waals surface area contributed by atoms with Gasteiger partial charge in [-0.25, -0.2) is 0 Å². The average Bonchev–Trinajstić information content (AvgIpc) is 2.80. The molecule has 1 aliphatic carbocycles. The minimum absolute atomic E-state index is 0.00154. The first-order chi connectivity index (χ1) is 16.5. The summed E-state index contributed by atoms with van der Waals surface area (Å²) in [6, 6.07) is 8.22. The van der Waals surface area contributed by atoms with Crippen LogP contribution >= 0.6 is 0 Å². The monoisotopic (exact) mass is 464 g/mol. The molecule has 0 bridgehead atoms. The topological polar surface area (TPSA) is 41.8 Å². The van der Waals surface area contributed by atoms with Gasteiger partial charge in [0.25, 0.3) is 0 Å². The highest BCUT2D eigenvalue weighted by molar-refractivity contribution is 6.31. The number of hydrogen-bond donors (Lipinski definition) is 0. The van der Waals surface area contributed by atoms with Crippen molar-refractivity contribution >= 4 is 22.9 Å². The lowest BCUT2D eigenvalue weighted by Gasteiger charge is -2.37. The summed E-state index contributed by atoms with van der Waals surface area (Å²) in [4.78, 5) is 23.0. The van der Waals surface area contributed by atoms with Crippen molar-refractivity contribution in [1.82, 2.24) is 0 Å². The van der Waals surface area contributed by atoms with Gasteiger partial charge in [0.05, 0.1) is 17.3 Å². The summed E-state index contributed by atoms with van der Waals surface area (Å²) in [6.45, 7) is 7.46. The first-order valence-electron chi connectivity index (χ1n) is 14.3. The van der Waals surface area contributed by atoms with Crippen LogP contribution in [0.15, 0.2) is 34.3 Å². The highest BCUT2D eigenvalue weighted by Crippen LogP contribution is 2.40. The van der Waals surface area contributed by atoms with E-state index in [0.29, 0.717) is 12.2 Å². The van der Waals surface area contributed by atoms with Crippen molar-refractivity contribution < 1.29 is 4.79 Å². The zero-order chi connectivity index (χ0) is 24.2. The van der Waals surface area contributed by atoms with Gasteiger partial charge in [-0.3, -0.25) is 14.8 Å². The Morgan fingerprint density at radius 3 is 2.00 bits per heavy atom. The van der Waals surface area contributed by atoms with Crippen LogP contribution in [0.2, 0.25) is 0 Å². The van der Waals surface area contributed by atoms with E-state index >= 15 is 0 Å². The van der Waals surface area contributed by atoms with Crippen LogP contribution in [0.25, 0.3) is 0 Å². The molecule has 1 aromatic carbocycles. The van der Waals surface area contributed by atoms with E-state index in [-0.39, 0.29) is 11.3 Å².